The zero-order chi connectivity index (χ0) is 14.5. The summed E-state index contributed by atoms with van der Waals surface area (Å²) in [6, 6.07) is 7.26. The molecule has 2 aromatic rings. The number of nitrogens with zero attached hydrogens (tertiary/aromatic N) is 2. The van der Waals surface area contributed by atoms with Gasteiger partial charge < -0.3 is 4.74 Å². The Morgan fingerprint density at radius 2 is 2.35 bits per heavy atom. The molecule has 1 aromatic carbocycles. The fourth-order valence-corrected chi connectivity index (χ4v) is 2.69. The molecule has 0 radical (unpaired) electrons. The van der Waals surface area contributed by atoms with Crippen molar-refractivity contribution in [3.8, 4) is 5.88 Å². The first kappa shape index (κ1) is 15.3. The number of rotatable bonds is 5. The van der Waals surface area contributed by atoms with Gasteiger partial charge in [0.05, 0.1) is 0 Å². The van der Waals surface area contributed by atoms with E-state index in [-0.39, 0.29) is 12.5 Å². The Morgan fingerprint density at radius 3 is 2.95 bits per heavy atom. The molecule has 106 valence electrons. The molecule has 2 rings (SSSR count). The first-order valence-electron chi connectivity index (χ1n) is 5.60. The number of halogens is 1. The van der Waals surface area contributed by atoms with Crippen LogP contribution in [0.25, 0.3) is 0 Å². The number of carbonyl (C=O) groups excluding carboxylic acids is 1. The van der Waals surface area contributed by atoms with E-state index in [2.05, 4.69) is 38.4 Å². The summed E-state index contributed by atoms with van der Waals surface area (Å²) in [5, 5.41) is 4.02. The highest BCUT2D eigenvalue weighted by atomic mass is 79.9. The molecule has 8 heteroatoms. The van der Waals surface area contributed by atoms with Crippen LogP contribution in [0.2, 0.25) is 0 Å². The maximum absolute atomic E-state index is 11.9. The van der Waals surface area contributed by atoms with E-state index in [1.165, 1.54) is 4.09 Å². The van der Waals surface area contributed by atoms with E-state index in [0.717, 1.165) is 10.5 Å². The smallest absolute Gasteiger partial charge is 0.261 e. The van der Waals surface area contributed by atoms with Crippen LogP contribution in [0.1, 0.15) is 15.9 Å². The lowest BCUT2D eigenvalue weighted by molar-refractivity contribution is 0.0983. The van der Waals surface area contributed by atoms with E-state index in [9.17, 15) is 4.79 Å². The van der Waals surface area contributed by atoms with Crippen LogP contribution < -0.4 is 9.08 Å². The molecule has 1 heterocycles. The number of hydrogen-bond acceptors (Lipinski definition) is 5. The number of amides is 1. The quantitative estimate of drug-likeness (QED) is 0.480. The number of thiol groups is 1. The average Bonchev–Trinajstić information content (AvgIpc) is 2.89. The molecule has 0 saturated heterocycles. The van der Waals surface area contributed by atoms with Gasteiger partial charge in [-0.15, -0.1) is 16.9 Å². The van der Waals surface area contributed by atoms with Crippen LogP contribution >= 0.6 is 40.7 Å². The lowest BCUT2D eigenvalue weighted by Crippen LogP contribution is -2.16. The topological polar surface area (TPSA) is 56.1 Å². The molecule has 5 nitrogen and oxygen atoms in total. The lowest BCUT2D eigenvalue weighted by Gasteiger charge is -2.12. The SMILES string of the molecule is CSc1cccc(C(=O)NBr)c1COc1ccn(S)n1. The van der Waals surface area contributed by atoms with Crippen molar-refractivity contribution in [3.63, 3.8) is 0 Å². The summed E-state index contributed by atoms with van der Waals surface area (Å²) >= 11 is 8.56. The molecule has 0 fully saturated rings. The van der Waals surface area contributed by atoms with Crippen LogP contribution in [0.3, 0.4) is 0 Å². The normalized spacial score (nSPS) is 10.3. The monoisotopic (exact) mass is 373 g/mol. The Kier molecular flexibility index (Phi) is 5.38. The standard InChI is InChI=1S/C12H12BrN3O2S2/c1-20-10-4-2-3-8(12(17)14-13)9(10)7-18-11-5-6-16(19)15-11/h2-6,19H,7H2,1H3,(H,14,17). The van der Waals surface area contributed by atoms with Crippen molar-refractivity contribution in [1.82, 2.24) is 13.5 Å². The molecule has 0 bridgehead atoms. The molecular formula is C12H12BrN3O2S2. The molecular weight excluding hydrogens is 362 g/mol. The van der Waals surface area contributed by atoms with Gasteiger partial charge in [-0.3, -0.25) is 9.14 Å². The van der Waals surface area contributed by atoms with E-state index >= 15 is 0 Å². The van der Waals surface area contributed by atoms with Gasteiger partial charge in [0.2, 0.25) is 5.88 Å². The Balaban J connectivity index is 2.26. The number of nitrogens with one attached hydrogen (secondary N) is 1. The summed E-state index contributed by atoms with van der Waals surface area (Å²) in [6.45, 7) is 0.261. The van der Waals surface area contributed by atoms with Crippen molar-refractivity contribution in [2.75, 3.05) is 6.26 Å². The highest BCUT2D eigenvalue weighted by Crippen LogP contribution is 2.25. The zero-order valence-corrected chi connectivity index (χ0v) is 13.8. The molecule has 0 aliphatic carbocycles. The molecule has 0 aliphatic heterocycles. The van der Waals surface area contributed by atoms with Crippen molar-refractivity contribution in [3.05, 3.63) is 41.6 Å². The molecule has 1 aromatic heterocycles. The van der Waals surface area contributed by atoms with Gasteiger partial charge in [0.15, 0.2) is 0 Å². The Hall–Kier alpha value is -1.12. The van der Waals surface area contributed by atoms with E-state index in [1.54, 1.807) is 30.1 Å². The van der Waals surface area contributed by atoms with Crippen LogP contribution in [0.5, 0.6) is 5.88 Å². The fourth-order valence-electron chi connectivity index (χ4n) is 1.69. The number of carbonyl (C=O) groups is 1. The summed E-state index contributed by atoms with van der Waals surface area (Å²) in [7, 11) is 0. The van der Waals surface area contributed by atoms with Crippen LogP contribution in [0.15, 0.2) is 35.4 Å². The van der Waals surface area contributed by atoms with Gasteiger partial charge in [0.25, 0.3) is 5.91 Å². The number of benzene rings is 1. The molecule has 0 atom stereocenters. The van der Waals surface area contributed by atoms with Gasteiger partial charge in [-0.2, -0.15) is 0 Å². The maximum atomic E-state index is 11.9. The first-order valence-corrected chi connectivity index (χ1v) is 8.02. The minimum atomic E-state index is -0.209. The minimum Gasteiger partial charge on any atom is -0.472 e. The third-order valence-electron chi connectivity index (χ3n) is 2.60. The van der Waals surface area contributed by atoms with E-state index in [0.29, 0.717) is 11.4 Å². The van der Waals surface area contributed by atoms with Gasteiger partial charge in [-0.1, -0.05) is 6.07 Å². The van der Waals surface area contributed by atoms with Crippen molar-refractivity contribution in [1.29, 1.82) is 0 Å². The second-order valence-corrected chi connectivity index (χ2v) is 5.43. The van der Waals surface area contributed by atoms with Crippen LogP contribution in [-0.2, 0) is 6.61 Å². The van der Waals surface area contributed by atoms with E-state index in [1.807, 2.05) is 18.4 Å². The summed E-state index contributed by atoms with van der Waals surface area (Å²) in [6.07, 6.45) is 3.63. The summed E-state index contributed by atoms with van der Waals surface area (Å²) in [4.78, 5) is 12.9. The number of ether oxygens (including phenoxy) is 1. The lowest BCUT2D eigenvalue weighted by atomic mass is 10.1. The molecule has 1 amide bonds. The van der Waals surface area contributed by atoms with Gasteiger partial charge >= 0.3 is 0 Å². The van der Waals surface area contributed by atoms with Gasteiger partial charge in [0, 0.05) is 44.4 Å². The zero-order valence-electron chi connectivity index (χ0n) is 10.5. The highest BCUT2D eigenvalue weighted by molar-refractivity contribution is 9.08. The van der Waals surface area contributed by atoms with Crippen molar-refractivity contribution in [2.24, 2.45) is 0 Å². The molecule has 0 aliphatic rings. The first-order chi connectivity index (χ1) is 9.65. The van der Waals surface area contributed by atoms with Crippen LogP contribution in [0, 0.1) is 0 Å². The van der Waals surface area contributed by atoms with Crippen molar-refractivity contribution < 1.29 is 9.53 Å². The predicted octanol–water partition coefficient (Wildman–Crippen LogP) is 2.92. The molecule has 1 N–H and O–H groups in total. The molecule has 20 heavy (non-hydrogen) atoms. The summed E-state index contributed by atoms with van der Waals surface area (Å²) < 4.78 is 9.42. The minimum absolute atomic E-state index is 0.209. The second kappa shape index (κ2) is 7.05. The average molecular weight is 374 g/mol. The Bertz CT molecular complexity index is 618. The molecule has 0 unspecified atom stereocenters. The number of thioether (sulfide) groups is 1. The third kappa shape index (κ3) is 3.50. The van der Waals surface area contributed by atoms with Crippen molar-refractivity contribution in [2.45, 2.75) is 11.5 Å². The number of aromatic nitrogens is 2. The van der Waals surface area contributed by atoms with Gasteiger partial charge in [-0.25, -0.2) is 4.09 Å². The highest BCUT2D eigenvalue weighted by Gasteiger charge is 2.15. The largest absolute Gasteiger partial charge is 0.472 e. The van der Waals surface area contributed by atoms with E-state index in [4.69, 9.17) is 4.74 Å². The number of hydrogen-bond donors (Lipinski definition) is 2. The molecule has 0 saturated carbocycles. The van der Waals surface area contributed by atoms with Crippen molar-refractivity contribution >= 4 is 46.6 Å². The van der Waals surface area contributed by atoms with Crippen LogP contribution in [0.4, 0.5) is 0 Å². The molecule has 0 spiro atoms. The summed E-state index contributed by atoms with van der Waals surface area (Å²) in [5.41, 5.74) is 1.39. The van der Waals surface area contributed by atoms with E-state index < -0.39 is 0 Å². The maximum Gasteiger partial charge on any atom is 0.261 e. The third-order valence-corrected chi connectivity index (χ3v) is 4.00. The Morgan fingerprint density at radius 1 is 1.55 bits per heavy atom. The second-order valence-electron chi connectivity index (χ2n) is 3.77. The Labute approximate surface area is 135 Å². The predicted molar refractivity (Wildman–Crippen MR) is 85.6 cm³/mol. The van der Waals surface area contributed by atoms with Crippen LogP contribution in [-0.4, -0.2) is 21.3 Å². The van der Waals surface area contributed by atoms with Gasteiger partial charge in [0.1, 0.15) is 6.61 Å². The fraction of sp³-hybridized carbons (Fsp3) is 0.167. The van der Waals surface area contributed by atoms with Gasteiger partial charge in [-0.05, 0) is 31.2 Å². The summed E-state index contributed by atoms with van der Waals surface area (Å²) in [5.74, 6) is 0.250.